The topological polar surface area (TPSA) is 41.6 Å². The molecule has 0 aliphatic carbocycles. The minimum Gasteiger partial charge on any atom is -0.444 e. The molecule has 0 saturated carbocycles. The standard InChI is InChI=1S/C16H22N2O2/c1-16(2,3)20-15(19)17-11-7-9-13-8-6-10-14(12-13)18(4)5/h6,8,10,12H,11H2,1-5H3,(H,17,19). The molecule has 1 amide bonds. The van der Waals surface area contributed by atoms with Gasteiger partial charge in [-0.3, -0.25) is 0 Å². The number of nitrogens with one attached hydrogen (secondary N) is 1. The molecule has 1 rings (SSSR count). The van der Waals surface area contributed by atoms with Crippen LogP contribution in [-0.4, -0.2) is 32.3 Å². The van der Waals surface area contributed by atoms with Crippen LogP contribution in [-0.2, 0) is 4.74 Å². The fourth-order valence-electron chi connectivity index (χ4n) is 1.44. The van der Waals surface area contributed by atoms with E-state index < -0.39 is 11.7 Å². The third kappa shape index (κ3) is 6.14. The Kier molecular flexibility index (Phi) is 5.45. The van der Waals surface area contributed by atoms with Crippen LogP contribution in [0.5, 0.6) is 0 Å². The average Bonchev–Trinajstić information content (AvgIpc) is 2.33. The van der Waals surface area contributed by atoms with E-state index in [9.17, 15) is 4.79 Å². The normalized spacial score (nSPS) is 10.2. The van der Waals surface area contributed by atoms with Crippen molar-refractivity contribution in [2.24, 2.45) is 0 Å². The van der Waals surface area contributed by atoms with Crippen LogP contribution in [0, 0.1) is 11.8 Å². The van der Waals surface area contributed by atoms with E-state index in [0.29, 0.717) is 0 Å². The van der Waals surface area contributed by atoms with Crippen LogP contribution in [0.4, 0.5) is 10.5 Å². The molecular weight excluding hydrogens is 252 g/mol. The summed E-state index contributed by atoms with van der Waals surface area (Å²) in [4.78, 5) is 13.4. The zero-order valence-corrected chi connectivity index (χ0v) is 12.8. The third-order valence-corrected chi connectivity index (χ3v) is 2.32. The van der Waals surface area contributed by atoms with Crippen molar-refractivity contribution in [3.8, 4) is 11.8 Å². The lowest BCUT2D eigenvalue weighted by Gasteiger charge is -2.19. The number of carbonyl (C=O) groups excluding carboxylic acids is 1. The van der Waals surface area contributed by atoms with Crippen molar-refractivity contribution >= 4 is 11.8 Å². The van der Waals surface area contributed by atoms with Gasteiger partial charge in [0.05, 0.1) is 6.54 Å². The van der Waals surface area contributed by atoms with E-state index in [1.807, 2.05) is 64.0 Å². The van der Waals surface area contributed by atoms with E-state index in [-0.39, 0.29) is 6.54 Å². The number of amides is 1. The second-order valence-electron chi connectivity index (χ2n) is 5.60. The molecule has 0 unspecified atom stereocenters. The van der Waals surface area contributed by atoms with Gasteiger partial charge in [-0.25, -0.2) is 4.79 Å². The van der Waals surface area contributed by atoms with Crippen molar-refractivity contribution in [3.63, 3.8) is 0 Å². The molecule has 108 valence electrons. The molecule has 0 saturated heterocycles. The van der Waals surface area contributed by atoms with Crippen molar-refractivity contribution in [1.29, 1.82) is 0 Å². The maximum atomic E-state index is 11.4. The van der Waals surface area contributed by atoms with Crippen molar-refractivity contribution in [2.75, 3.05) is 25.5 Å². The van der Waals surface area contributed by atoms with Gasteiger partial charge in [0.2, 0.25) is 0 Å². The van der Waals surface area contributed by atoms with E-state index in [2.05, 4.69) is 17.2 Å². The summed E-state index contributed by atoms with van der Waals surface area (Å²) in [7, 11) is 3.97. The van der Waals surface area contributed by atoms with Gasteiger partial charge in [-0.15, -0.1) is 0 Å². The Morgan fingerprint density at radius 1 is 1.35 bits per heavy atom. The number of ether oxygens (including phenoxy) is 1. The van der Waals surface area contributed by atoms with Crippen molar-refractivity contribution in [1.82, 2.24) is 5.32 Å². The van der Waals surface area contributed by atoms with Crippen LogP contribution >= 0.6 is 0 Å². The number of carbonyl (C=O) groups is 1. The van der Waals surface area contributed by atoms with Gasteiger partial charge in [0.15, 0.2) is 0 Å². The number of hydrogen-bond acceptors (Lipinski definition) is 3. The molecule has 0 fully saturated rings. The van der Waals surface area contributed by atoms with Crippen LogP contribution < -0.4 is 10.2 Å². The number of hydrogen-bond donors (Lipinski definition) is 1. The van der Waals surface area contributed by atoms with Crippen molar-refractivity contribution in [2.45, 2.75) is 26.4 Å². The molecule has 0 radical (unpaired) electrons. The minimum absolute atomic E-state index is 0.265. The quantitative estimate of drug-likeness (QED) is 0.843. The second kappa shape index (κ2) is 6.85. The van der Waals surface area contributed by atoms with Gasteiger partial charge in [-0.05, 0) is 39.0 Å². The first-order valence-electron chi connectivity index (χ1n) is 6.51. The van der Waals surface area contributed by atoms with E-state index in [1.54, 1.807) is 0 Å². The van der Waals surface area contributed by atoms with Crippen LogP contribution in [0.15, 0.2) is 24.3 Å². The first kappa shape index (κ1) is 15.9. The average molecular weight is 274 g/mol. The maximum absolute atomic E-state index is 11.4. The zero-order chi connectivity index (χ0) is 15.2. The Bertz CT molecular complexity index is 519. The van der Waals surface area contributed by atoms with Crippen molar-refractivity contribution < 1.29 is 9.53 Å². The van der Waals surface area contributed by atoms with E-state index in [1.165, 1.54) is 0 Å². The smallest absolute Gasteiger partial charge is 0.408 e. The van der Waals surface area contributed by atoms with Crippen LogP contribution in [0.2, 0.25) is 0 Å². The van der Waals surface area contributed by atoms with Gasteiger partial charge < -0.3 is 15.0 Å². The highest BCUT2D eigenvalue weighted by Crippen LogP contribution is 2.12. The molecular formula is C16H22N2O2. The number of alkyl carbamates (subject to hydrolysis) is 1. The Labute approximate surface area is 121 Å². The predicted molar refractivity (Wildman–Crippen MR) is 81.9 cm³/mol. The van der Waals surface area contributed by atoms with E-state index in [4.69, 9.17) is 4.74 Å². The van der Waals surface area contributed by atoms with Gasteiger partial charge >= 0.3 is 6.09 Å². The zero-order valence-electron chi connectivity index (χ0n) is 12.8. The highest BCUT2D eigenvalue weighted by Gasteiger charge is 2.14. The summed E-state index contributed by atoms with van der Waals surface area (Å²) in [6, 6.07) is 7.92. The van der Waals surface area contributed by atoms with Gasteiger partial charge in [0.1, 0.15) is 5.60 Å². The SMILES string of the molecule is CN(C)c1cccc(C#CCNC(=O)OC(C)(C)C)c1. The third-order valence-electron chi connectivity index (χ3n) is 2.32. The molecule has 0 atom stereocenters. The molecule has 20 heavy (non-hydrogen) atoms. The van der Waals surface area contributed by atoms with Crippen LogP contribution in [0.25, 0.3) is 0 Å². The van der Waals surface area contributed by atoms with Crippen LogP contribution in [0.1, 0.15) is 26.3 Å². The molecule has 1 aromatic rings. The van der Waals surface area contributed by atoms with E-state index in [0.717, 1.165) is 11.3 Å². The first-order valence-corrected chi connectivity index (χ1v) is 6.51. The highest BCUT2D eigenvalue weighted by atomic mass is 16.6. The summed E-state index contributed by atoms with van der Waals surface area (Å²) in [6.07, 6.45) is -0.450. The monoisotopic (exact) mass is 274 g/mol. The summed E-state index contributed by atoms with van der Waals surface area (Å²) in [5, 5.41) is 2.60. The summed E-state index contributed by atoms with van der Waals surface area (Å²) < 4.78 is 5.12. The molecule has 4 heteroatoms. The number of rotatable bonds is 2. The molecule has 0 aliphatic heterocycles. The Balaban J connectivity index is 2.51. The van der Waals surface area contributed by atoms with Gasteiger partial charge in [0, 0.05) is 25.3 Å². The number of nitrogens with zero attached hydrogens (tertiary/aromatic N) is 1. The predicted octanol–water partition coefficient (Wildman–Crippen LogP) is 2.63. The fraction of sp³-hybridized carbons (Fsp3) is 0.438. The number of anilines is 1. The molecule has 1 N–H and O–H groups in total. The summed E-state index contributed by atoms with van der Waals surface area (Å²) in [6.45, 7) is 5.74. The summed E-state index contributed by atoms with van der Waals surface area (Å²) >= 11 is 0. The Morgan fingerprint density at radius 3 is 2.65 bits per heavy atom. The van der Waals surface area contributed by atoms with Gasteiger partial charge in [-0.1, -0.05) is 17.9 Å². The highest BCUT2D eigenvalue weighted by molar-refractivity contribution is 5.68. The lowest BCUT2D eigenvalue weighted by Crippen LogP contribution is -2.32. The Morgan fingerprint density at radius 2 is 2.05 bits per heavy atom. The lowest BCUT2D eigenvalue weighted by molar-refractivity contribution is 0.0535. The fourth-order valence-corrected chi connectivity index (χ4v) is 1.44. The maximum Gasteiger partial charge on any atom is 0.408 e. The lowest BCUT2D eigenvalue weighted by atomic mass is 10.2. The number of benzene rings is 1. The van der Waals surface area contributed by atoms with Gasteiger partial charge in [0.25, 0.3) is 0 Å². The van der Waals surface area contributed by atoms with Crippen molar-refractivity contribution in [3.05, 3.63) is 29.8 Å². The summed E-state index contributed by atoms with van der Waals surface area (Å²) in [5.41, 5.74) is 1.52. The molecule has 0 aromatic heterocycles. The van der Waals surface area contributed by atoms with Crippen LogP contribution in [0.3, 0.4) is 0 Å². The summed E-state index contributed by atoms with van der Waals surface area (Å²) in [5.74, 6) is 5.92. The second-order valence-corrected chi connectivity index (χ2v) is 5.60. The molecule has 4 nitrogen and oxygen atoms in total. The molecule has 0 spiro atoms. The minimum atomic E-state index is -0.489. The Hall–Kier alpha value is -2.15. The molecule has 0 bridgehead atoms. The first-order chi connectivity index (χ1) is 9.28. The molecule has 0 aliphatic rings. The van der Waals surface area contributed by atoms with E-state index >= 15 is 0 Å². The molecule has 1 aromatic carbocycles. The van der Waals surface area contributed by atoms with Gasteiger partial charge in [-0.2, -0.15) is 0 Å². The largest absolute Gasteiger partial charge is 0.444 e. The molecule has 0 heterocycles.